The van der Waals surface area contributed by atoms with E-state index in [0.29, 0.717) is 31.1 Å². The fraction of sp³-hybridized carbons (Fsp3) is 0.316. The van der Waals surface area contributed by atoms with E-state index in [2.05, 4.69) is 0 Å². The maximum atomic E-state index is 12.8. The quantitative estimate of drug-likeness (QED) is 0.934. The molecule has 0 bridgehead atoms. The third-order valence-corrected chi connectivity index (χ3v) is 3.89. The lowest BCUT2D eigenvalue weighted by Crippen LogP contribution is -2.37. The van der Waals surface area contributed by atoms with Gasteiger partial charge in [-0.05, 0) is 17.7 Å². The van der Waals surface area contributed by atoms with Crippen LogP contribution in [0.1, 0.15) is 15.9 Å². The van der Waals surface area contributed by atoms with E-state index in [4.69, 9.17) is 9.47 Å². The van der Waals surface area contributed by atoms with Gasteiger partial charge in [0.2, 0.25) is 0 Å². The normalized spacial score (nSPS) is 18.0. The predicted molar refractivity (Wildman–Crippen MR) is 89.9 cm³/mol. The average molecular weight is 327 g/mol. The van der Waals surface area contributed by atoms with Gasteiger partial charge in [0.05, 0.1) is 24.9 Å². The van der Waals surface area contributed by atoms with Gasteiger partial charge in [0.1, 0.15) is 12.4 Å². The van der Waals surface area contributed by atoms with Crippen LogP contribution in [-0.4, -0.2) is 48.3 Å². The fourth-order valence-corrected chi connectivity index (χ4v) is 2.65. The van der Waals surface area contributed by atoms with Crippen molar-refractivity contribution in [1.29, 1.82) is 0 Å². The lowest BCUT2D eigenvalue weighted by atomic mass is 10.1. The van der Waals surface area contributed by atoms with Crippen molar-refractivity contribution in [2.75, 3.05) is 26.3 Å². The number of carbonyl (C=O) groups is 1. The molecule has 1 fully saturated rings. The first kappa shape index (κ1) is 16.5. The molecular formula is C19H21NO4. The molecule has 1 N–H and O–H groups in total. The van der Waals surface area contributed by atoms with Crippen LogP contribution in [0.15, 0.2) is 54.6 Å². The number of carbonyl (C=O) groups excluding carboxylic acids is 1. The lowest BCUT2D eigenvalue weighted by molar-refractivity contribution is 0.0533. The fourth-order valence-electron chi connectivity index (χ4n) is 2.65. The topological polar surface area (TPSA) is 59.0 Å². The summed E-state index contributed by atoms with van der Waals surface area (Å²) in [5.41, 5.74) is 1.54. The minimum absolute atomic E-state index is 0.150. The Morgan fingerprint density at radius 2 is 1.92 bits per heavy atom. The Bertz CT molecular complexity index is 674. The van der Waals surface area contributed by atoms with Gasteiger partial charge in [0.25, 0.3) is 5.91 Å². The summed E-state index contributed by atoms with van der Waals surface area (Å²) in [4.78, 5) is 14.4. The van der Waals surface area contributed by atoms with Crippen LogP contribution in [0.5, 0.6) is 5.75 Å². The summed E-state index contributed by atoms with van der Waals surface area (Å²) in [6.07, 6.45) is -0.658. The number of aliphatic hydroxyl groups is 1. The van der Waals surface area contributed by atoms with Gasteiger partial charge in [-0.3, -0.25) is 4.79 Å². The van der Waals surface area contributed by atoms with Gasteiger partial charge in [-0.15, -0.1) is 0 Å². The van der Waals surface area contributed by atoms with Crippen LogP contribution in [0.4, 0.5) is 0 Å². The van der Waals surface area contributed by atoms with Gasteiger partial charge in [-0.1, -0.05) is 42.5 Å². The van der Waals surface area contributed by atoms with E-state index in [0.717, 1.165) is 5.56 Å². The van der Waals surface area contributed by atoms with Gasteiger partial charge in [-0.25, -0.2) is 0 Å². The number of hydrogen-bond acceptors (Lipinski definition) is 4. The largest absolute Gasteiger partial charge is 0.488 e. The first-order valence-corrected chi connectivity index (χ1v) is 8.05. The molecule has 1 saturated heterocycles. The first-order chi connectivity index (χ1) is 11.7. The molecule has 5 heteroatoms. The van der Waals surface area contributed by atoms with Crippen molar-refractivity contribution >= 4 is 5.91 Å². The second-order valence-corrected chi connectivity index (χ2v) is 5.75. The Morgan fingerprint density at radius 1 is 1.17 bits per heavy atom. The van der Waals surface area contributed by atoms with Crippen molar-refractivity contribution in [3.63, 3.8) is 0 Å². The number of para-hydroxylation sites is 1. The van der Waals surface area contributed by atoms with Gasteiger partial charge < -0.3 is 19.5 Å². The van der Waals surface area contributed by atoms with Crippen LogP contribution >= 0.6 is 0 Å². The highest BCUT2D eigenvalue weighted by Crippen LogP contribution is 2.22. The van der Waals surface area contributed by atoms with E-state index in [1.54, 1.807) is 17.0 Å². The zero-order chi connectivity index (χ0) is 16.8. The number of aliphatic hydroxyl groups excluding tert-OH is 1. The molecule has 2 aromatic carbocycles. The summed E-state index contributed by atoms with van der Waals surface area (Å²) < 4.78 is 11.1. The van der Waals surface area contributed by atoms with Crippen molar-refractivity contribution in [3.8, 4) is 5.75 Å². The number of β-amino-alcohol motifs (C(OH)–C–C–N with tert-alkyl or cyclic N) is 1. The van der Waals surface area contributed by atoms with Crippen LogP contribution in [-0.2, 0) is 11.3 Å². The summed E-state index contributed by atoms with van der Waals surface area (Å²) in [6.45, 7) is 1.82. The summed E-state index contributed by atoms with van der Waals surface area (Å²) in [5.74, 6) is 0.397. The molecule has 0 aromatic heterocycles. The molecule has 1 heterocycles. The van der Waals surface area contributed by atoms with Crippen LogP contribution in [0.25, 0.3) is 0 Å². The van der Waals surface area contributed by atoms with E-state index < -0.39 is 6.10 Å². The minimum Gasteiger partial charge on any atom is -0.488 e. The van der Waals surface area contributed by atoms with Gasteiger partial charge in [0.15, 0.2) is 0 Å². The summed E-state index contributed by atoms with van der Waals surface area (Å²) in [6, 6.07) is 17.0. The first-order valence-electron chi connectivity index (χ1n) is 8.05. The number of nitrogens with zero attached hydrogens (tertiary/aromatic N) is 1. The van der Waals surface area contributed by atoms with Crippen LogP contribution in [0.2, 0.25) is 0 Å². The standard InChI is InChI=1S/C19H21NO4/c21-16-12-20(10-11-23-14-16)19(22)17-8-4-5-9-18(17)24-13-15-6-2-1-3-7-15/h1-9,16,21H,10-14H2/t16-/m1/s1. The van der Waals surface area contributed by atoms with Gasteiger partial charge >= 0.3 is 0 Å². The van der Waals surface area contributed by atoms with E-state index in [1.165, 1.54) is 0 Å². The van der Waals surface area contributed by atoms with Gasteiger partial charge in [-0.2, -0.15) is 0 Å². The Hall–Kier alpha value is -2.37. The third-order valence-electron chi connectivity index (χ3n) is 3.89. The molecule has 1 aliphatic rings. The molecule has 0 spiro atoms. The molecule has 24 heavy (non-hydrogen) atoms. The molecule has 1 atom stereocenters. The number of ether oxygens (including phenoxy) is 2. The number of benzene rings is 2. The van der Waals surface area contributed by atoms with Crippen LogP contribution in [0.3, 0.4) is 0 Å². The van der Waals surface area contributed by atoms with Gasteiger partial charge in [0, 0.05) is 13.1 Å². The second kappa shape index (κ2) is 7.95. The Morgan fingerprint density at radius 3 is 2.75 bits per heavy atom. The zero-order valence-electron chi connectivity index (χ0n) is 13.4. The molecular weight excluding hydrogens is 306 g/mol. The third kappa shape index (κ3) is 4.13. The van der Waals surface area contributed by atoms with Crippen LogP contribution < -0.4 is 4.74 Å². The van der Waals surface area contributed by atoms with E-state index >= 15 is 0 Å². The predicted octanol–water partition coefficient (Wildman–Crippen LogP) is 2.10. The maximum absolute atomic E-state index is 12.8. The minimum atomic E-state index is -0.658. The van der Waals surface area contributed by atoms with E-state index in [9.17, 15) is 9.90 Å². The second-order valence-electron chi connectivity index (χ2n) is 5.75. The molecule has 0 radical (unpaired) electrons. The molecule has 0 saturated carbocycles. The number of amides is 1. The monoisotopic (exact) mass is 327 g/mol. The smallest absolute Gasteiger partial charge is 0.257 e. The summed E-state index contributed by atoms with van der Waals surface area (Å²) in [7, 11) is 0. The summed E-state index contributed by atoms with van der Waals surface area (Å²) in [5, 5.41) is 9.83. The van der Waals surface area contributed by atoms with Crippen molar-refractivity contribution < 1.29 is 19.4 Å². The Kier molecular flexibility index (Phi) is 5.46. The van der Waals surface area contributed by atoms with Crippen molar-refractivity contribution in [2.24, 2.45) is 0 Å². The molecule has 0 unspecified atom stereocenters. The number of rotatable bonds is 4. The molecule has 1 amide bonds. The molecule has 0 aliphatic carbocycles. The average Bonchev–Trinajstić information content (AvgIpc) is 2.85. The molecule has 5 nitrogen and oxygen atoms in total. The van der Waals surface area contributed by atoms with Crippen LogP contribution in [0, 0.1) is 0 Å². The highest BCUT2D eigenvalue weighted by atomic mass is 16.5. The molecule has 3 rings (SSSR count). The van der Waals surface area contributed by atoms with Crippen molar-refractivity contribution in [1.82, 2.24) is 4.90 Å². The summed E-state index contributed by atoms with van der Waals surface area (Å²) >= 11 is 0. The Labute approximate surface area is 141 Å². The zero-order valence-corrected chi connectivity index (χ0v) is 13.4. The Balaban J connectivity index is 1.74. The lowest BCUT2D eigenvalue weighted by Gasteiger charge is -2.22. The highest BCUT2D eigenvalue weighted by Gasteiger charge is 2.24. The molecule has 126 valence electrons. The van der Waals surface area contributed by atoms with E-state index in [1.807, 2.05) is 42.5 Å². The molecule has 1 aliphatic heterocycles. The maximum Gasteiger partial charge on any atom is 0.257 e. The van der Waals surface area contributed by atoms with E-state index in [-0.39, 0.29) is 19.1 Å². The number of hydrogen-bond donors (Lipinski definition) is 1. The highest BCUT2D eigenvalue weighted by molar-refractivity contribution is 5.97. The molecule has 2 aromatic rings. The van der Waals surface area contributed by atoms with Crippen molar-refractivity contribution in [2.45, 2.75) is 12.7 Å². The van der Waals surface area contributed by atoms with Crippen molar-refractivity contribution in [3.05, 3.63) is 65.7 Å². The SMILES string of the molecule is O=C(c1ccccc1OCc1ccccc1)N1CCOC[C@H](O)C1.